The Bertz CT molecular complexity index is 1490. The third-order valence-corrected chi connectivity index (χ3v) is 9.17. The van der Waals surface area contributed by atoms with Crippen molar-refractivity contribution in [2.75, 3.05) is 10.8 Å². The molecule has 1 heterocycles. The number of hydrogen-bond acceptors (Lipinski definition) is 3. The van der Waals surface area contributed by atoms with Gasteiger partial charge in [0.1, 0.15) is 23.5 Å². The molecule has 0 amide bonds. The van der Waals surface area contributed by atoms with Gasteiger partial charge in [-0.1, -0.05) is 30.7 Å². The second kappa shape index (κ2) is 9.72. The molecular weight excluding hydrogens is 549 g/mol. The quantitative estimate of drug-likeness (QED) is 0.233. The molecule has 3 aromatic rings. The predicted molar refractivity (Wildman–Crippen MR) is 134 cm³/mol. The van der Waals surface area contributed by atoms with Gasteiger partial charge in [0, 0.05) is 11.6 Å². The number of halogens is 6. The van der Waals surface area contributed by atoms with E-state index in [0.717, 1.165) is 41.4 Å². The predicted octanol–water partition coefficient (Wildman–Crippen LogP) is 7.70. The van der Waals surface area contributed by atoms with Gasteiger partial charge in [-0.2, -0.15) is 13.2 Å². The molecule has 1 saturated carbocycles. The lowest BCUT2D eigenvalue weighted by molar-refractivity contribution is -0.137. The highest BCUT2D eigenvalue weighted by Gasteiger charge is 2.39. The Hall–Kier alpha value is -2.85. The topological polar surface area (TPSA) is 46.6 Å². The minimum atomic E-state index is -4.73. The minimum absolute atomic E-state index is 0.00559. The van der Waals surface area contributed by atoms with E-state index >= 15 is 0 Å². The second-order valence-corrected chi connectivity index (χ2v) is 12.2. The number of ether oxygens (including phenoxy) is 1. The molecule has 1 atom stereocenters. The molecule has 1 unspecified atom stereocenters. The fourth-order valence-corrected chi connectivity index (χ4v) is 6.95. The third-order valence-electron chi connectivity index (χ3n) is 7.01. The largest absolute Gasteiger partial charge is 0.486 e. The smallest absolute Gasteiger partial charge is 0.416 e. The van der Waals surface area contributed by atoms with E-state index in [1.807, 2.05) is 0 Å². The number of rotatable bonds is 5. The summed E-state index contributed by atoms with van der Waals surface area (Å²) in [5.74, 6) is -0.748. The first-order chi connectivity index (χ1) is 17.8. The van der Waals surface area contributed by atoms with Crippen molar-refractivity contribution >= 4 is 27.3 Å². The number of anilines is 1. The molecule has 3 aromatic carbocycles. The van der Waals surface area contributed by atoms with Gasteiger partial charge in [0.05, 0.1) is 27.7 Å². The van der Waals surface area contributed by atoms with E-state index in [0.29, 0.717) is 30.4 Å². The summed E-state index contributed by atoms with van der Waals surface area (Å²) in [6.45, 7) is 1.99. The average molecular weight is 572 g/mol. The Morgan fingerprint density at radius 2 is 1.79 bits per heavy atom. The van der Waals surface area contributed by atoms with Crippen LogP contribution in [0.4, 0.5) is 27.6 Å². The van der Waals surface area contributed by atoms with E-state index in [1.54, 1.807) is 0 Å². The highest BCUT2D eigenvalue weighted by atomic mass is 35.5. The van der Waals surface area contributed by atoms with E-state index in [9.17, 15) is 30.4 Å². The van der Waals surface area contributed by atoms with E-state index in [2.05, 4.69) is 6.92 Å². The Labute approximate surface area is 222 Å². The second-order valence-electron chi connectivity index (χ2n) is 9.91. The Morgan fingerprint density at radius 1 is 1.05 bits per heavy atom. The van der Waals surface area contributed by atoms with Gasteiger partial charge < -0.3 is 4.74 Å². The zero-order valence-electron chi connectivity index (χ0n) is 20.1. The number of sulfonamides is 1. The summed E-state index contributed by atoms with van der Waals surface area (Å²) in [5, 5.41) is -0.354. The summed E-state index contributed by atoms with van der Waals surface area (Å²) < 4.78 is 103. The van der Waals surface area contributed by atoms with Crippen LogP contribution < -0.4 is 9.04 Å². The fourth-order valence-electron chi connectivity index (χ4n) is 5.19. The average Bonchev–Trinajstić information content (AvgIpc) is 2.84. The molecule has 4 nitrogen and oxygen atoms in total. The summed E-state index contributed by atoms with van der Waals surface area (Å²) in [6, 6.07) is 9.52. The first kappa shape index (κ1) is 26.7. The summed E-state index contributed by atoms with van der Waals surface area (Å²) in [4.78, 5) is -0.531. The van der Waals surface area contributed by atoms with E-state index in [4.69, 9.17) is 16.3 Å². The first-order valence-corrected chi connectivity index (χ1v) is 13.8. The van der Waals surface area contributed by atoms with Crippen molar-refractivity contribution in [1.29, 1.82) is 0 Å². The molecule has 202 valence electrons. The maximum atomic E-state index is 14.1. The molecule has 1 aliphatic heterocycles. The lowest BCUT2D eigenvalue weighted by atomic mass is 9.73. The normalized spacial score (nSPS) is 21.4. The van der Waals surface area contributed by atoms with Crippen LogP contribution in [0.15, 0.2) is 59.5 Å². The van der Waals surface area contributed by atoms with Crippen molar-refractivity contribution in [2.24, 2.45) is 11.8 Å². The summed E-state index contributed by atoms with van der Waals surface area (Å²) >= 11 is 6.07. The van der Waals surface area contributed by atoms with E-state index < -0.39 is 44.4 Å². The van der Waals surface area contributed by atoms with Crippen LogP contribution in [-0.2, 0) is 16.2 Å². The van der Waals surface area contributed by atoms with Crippen molar-refractivity contribution < 1.29 is 35.1 Å². The van der Waals surface area contributed by atoms with Crippen LogP contribution in [0.2, 0.25) is 5.02 Å². The zero-order valence-corrected chi connectivity index (χ0v) is 21.7. The van der Waals surface area contributed by atoms with Crippen molar-refractivity contribution in [3.63, 3.8) is 0 Å². The molecule has 38 heavy (non-hydrogen) atoms. The number of alkyl halides is 3. The van der Waals surface area contributed by atoms with Gasteiger partial charge >= 0.3 is 6.18 Å². The molecule has 1 fully saturated rings. The van der Waals surface area contributed by atoms with Gasteiger partial charge in [-0.05, 0) is 73.1 Å². The standard InChI is InChI=1S/C27H23ClF5NO3S/c1-15-7-16(8-15)9-20-14-34(38(35,36)21-4-2-3-18(11-21)27(31,32)33)24-10-17(5-6-25(24)37-20)22-12-19(29)13-23(30)26(22)28/h2-6,10-13,15-16,20H,7-9,14H2,1H3. The minimum Gasteiger partial charge on any atom is -0.486 e. The van der Waals surface area contributed by atoms with Crippen LogP contribution in [0.1, 0.15) is 31.7 Å². The lowest BCUT2D eigenvalue weighted by Crippen LogP contribution is -2.45. The molecule has 0 bridgehead atoms. The summed E-state index contributed by atoms with van der Waals surface area (Å²) in [7, 11) is -4.48. The highest BCUT2D eigenvalue weighted by Crippen LogP contribution is 2.44. The molecular formula is C27H23ClF5NO3S. The number of nitrogens with zero attached hydrogens (tertiary/aromatic N) is 1. The van der Waals surface area contributed by atoms with Crippen molar-refractivity contribution in [3.05, 3.63) is 76.8 Å². The van der Waals surface area contributed by atoms with Crippen LogP contribution >= 0.6 is 11.6 Å². The summed E-state index contributed by atoms with van der Waals surface area (Å²) in [5.41, 5.74) is -0.845. The Balaban J connectivity index is 1.60. The molecule has 0 aromatic heterocycles. The van der Waals surface area contributed by atoms with Gasteiger partial charge in [0.25, 0.3) is 10.0 Å². The van der Waals surface area contributed by atoms with Gasteiger partial charge in [0.2, 0.25) is 0 Å². The molecule has 0 radical (unpaired) electrons. The molecule has 2 aliphatic rings. The molecule has 5 rings (SSSR count). The van der Waals surface area contributed by atoms with Crippen LogP contribution in [0.5, 0.6) is 5.75 Å². The Morgan fingerprint density at radius 3 is 2.47 bits per heavy atom. The zero-order chi connectivity index (χ0) is 27.4. The maximum Gasteiger partial charge on any atom is 0.416 e. The molecule has 1 aliphatic carbocycles. The first-order valence-electron chi connectivity index (χ1n) is 12.0. The van der Waals surface area contributed by atoms with Crippen molar-refractivity contribution in [1.82, 2.24) is 0 Å². The third kappa shape index (κ3) is 5.08. The molecule has 0 spiro atoms. The van der Waals surface area contributed by atoms with Gasteiger partial charge in [-0.15, -0.1) is 0 Å². The maximum absolute atomic E-state index is 14.1. The van der Waals surface area contributed by atoms with Crippen LogP contribution in [0.3, 0.4) is 0 Å². The summed E-state index contributed by atoms with van der Waals surface area (Å²) in [6.07, 6.45) is -2.71. The number of fused-ring (bicyclic) bond motifs is 1. The molecule has 0 saturated heterocycles. The van der Waals surface area contributed by atoms with Crippen LogP contribution in [0.25, 0.3) is 11.1 Å². The highest BCUT2D eigenvalue weighted by molar-refractivity contribution is 7.92. The fraction of sp³-hybridized carbons (Fsp3) is 0.333. The van der Waals surface area contributed by atoms with Crippen molar-refractivity contribution in [2.45, 2.75) is 43.4 Å². The van der Waals surface area contributed by atoms with Crippen LogP contribution in [0, 0.1) is 23.5 Å². The van der Waals surface area contributed by atoms with Crippen LogP contribution in [-0.4, -0.2) is 21.1 Å². The van der Waals surface area contributed by atoms with Crippen molar-refractivity contribution in [3.8, 4) is 16.9 Å². The van der Waals surface area contributed by atoms with E-state index in [-0.39, 0.29) is 34.1 Å². The number of hydrogen-bond donors (Lipinski definition) is 0. The number of benzene rings is 3. The van der Waals surface area contributed by atoms with Gasteiger partial charge in [-0.25, -0.2) is 17.2 Å². The van der Waals surface area contributed by atoms with Gasteiger partial charge in [-0.3, -0.25) is 4.31 Å². The molecule has 0 N–H and O–H groups in total. The SMILES string of the molecule is CC1CC(CC2CN(S(=O)(=O)c3cccc(C(F)(F)F)c3)c3cc(-c4cc(F)cc(F)c4Cl)ccc3O2)C1. The Kier molecular flexibility index (Phi) is 6.84. The lowest BCUT2D eigenvalue weighted by Gasteiger charge is -2.40. The van der Waals surface area contributed by atoms with Gasteiger partial charge in [0.15, 0.2) is 0 Å². The van der Waals surface area contributed by atoms with E-state index in [1.165, 1.54) is 18.2 Å². The monoisotopic (exact) mass is 571 g/mol. The molecule has 11 heteroatoms.